The lowest BCUT2D eigenvalue weighted by Gasteiger charge is -2.14. The van der Waals surface area contributed by atoms with Crippen molar-refractivity contribution < 1.29 is 19.5 Å². The van der Waals surface area contributed by atoms with Gasteiger partial charge in [0.05, 0.1) is 0 Å². The Balaban J connectivity index is 2.22. The van der Waals surface area contributed by atoms with Crippen LogP contribution < -0.4 is 5.32 Å². The molecule has 0 unspecified atom stereocenters. The van der Waals surface area contributed by atoms with Crippen LogP contribution in [0.3, 0.4) is 0 Å². The van der Waals surface area contributed by atoms with Gasteiger partial charge in [0, 0.05) is 12.0 Å². The average Bonchev–Trinajstić information content (AvgIpc) is 2.50. The normalized spacial score (nSPS) is 11.9. The molecule has 0 aromatic heterocycles. The molecule has 0 saturated carbocycles. The molecule has 114 valence electrons. The number of rotatable bonds is 6. The van der Waals surface area contributed by atoms with E-state index in [-0.39, 0.29) is 18.6 Å². The van der Waals surface area contributed by atoms with Crippen LogP contribution in [0.5, 0.6) is 0 Å². The minimum atomic E-state index is -1.14. The number of amides is 1. The van der Waals surface area contributed by atoms with E-state index >= 15 is 0 Å². The summed E-state index contributed by atoms with van der Waals surface area (Å²) in [6.07, 6.45) is 0.202. The molecule has 0 aliphatic carbocycles. The summed E-state index contributed by atoms with van der Waals surface area (Å²) in [5.41, 5.74) is 0.423. The van der Waals surface area contributed by atoms with Gasteiger partial charge in [-0.25, -0.2) is 4.79 Å². The molecule has 0 saturated heterocycles. The fraction of sp³-hybridized carbons (Fsp3) is 0.235. The van der Waals surface area contributed by atoms with E-state index in [0.29, 0.717) is 5.56 Å². The van der Waals surface area contributed by atoms with Gasteiger partial charge in [-0.3, -0.25) is 4.79 Å². The second kappa shape index (κ2) is 6.85. The molecule has 1 amide bonds. The van der Waals surface area contributed by atoms with E-state index in [2.05, 4.69) is 5.32 Å². The molecule has 0 aliphatic heterocycles. The number of hydrogen-bond donors (Lipinski definition) is 2. The van der Waals surface area contributed by atoms with Gasteiger partial charge in [0.15, 0.2) is 0 Å². The third kappa shape index (κ3) is 3.69. The highest BCUT2D eigenvalue weighted by Crippen LogP contribution is 2.18. The molecule has 2 aromatic carbocycles. The summed E-state index contributed by atoms with van der Waals surface area (Å²) in [6.45, 7) is 1.39. The highest BCUT2D eigenvalue weighted by atomic mass is 16.4. The zero-order chi connectivity index (χ0) is 16.1. The molecule has 0 heterocycles. The first kappa shape index (κ1) is 15.7. The summed E-state index contributed by atoms with van der Waals surface area (Å²) in [7, 11) is 0. The number of carboxylic acids is 1. The zero-order valence-corrected chi connectivity index (χ0v) is 12.2. The Morgan fingerprint density at radius 2 is 1.77 bits per heavy atom. The molecule has 2 rings (SSSR count). The second-order valence-corrected chi connectivity index (χ2v) is 5.13. The van der Waals surface area contributed by atoms with Gasteiger partial charge in [0.25, 0.3) is 5.91 Å². The Morgan fingerprint density at radius 1 is 1.09 bits per heavy atom. The largest absolute Gasteiger partial charge is 0.480 e. The van der Waals surface area contributed by atoms with E-state index in [0.717, 1.165) is 10.8 Å². The average molecular weight is 299 g/mol. The van der Waals surface area contributed by atoms with Crippen molar-refractivity contribution in [3.8, 4) is 0 Å². The molecule has 22 heavy (non-hydrogen) atoms. The molecule has 0 bridgehead atoms. The van der Waals surface area contributed by atoms with Crippen LogP contribution in [0.25, 0.3) is 10.8 Å². The zero-order valence-electron chi connectivity index (χ0n) is 12.2. The Labute approximate surface area is 127 Å². The van der Waals surface area contributed by atoms with E-state index in [1.54, 1.807) is 12.1 Å². The quantitative estimate of drug-likeness (QED) is 0.858. The van der Waals surface area contributed by atoms with Gasteiger partial charge in [-0.2, -0.15) is 0 Å². The molecule has 5 heteroatoms. The van der Waals surface area contributed by atoms with Gasteiger partial charge in [0.2, 0.25) is 0 Å². The number of fused-ring (bicyclic) bond motifs is 1. The van der Waals surface area contributed by atoms with Gasteiger partial charge in [-0.15, -0.1) is 0 Å². The van der Waals surface area contributed by atoms with Gasteiger partial charge in [-0.1, -0.05) is 36.4 Å². The van der Waals surface area contributed by atoms with Gasteiger partial charge in [0.1, 0.15) is 11.8 Å². The highest BCUT2D eigenvalue weighted by Gasteiger charge is 2.21. The molecule has 0 aliphatic rings. The lowest BCUT2D eigenvalue weighted by atomic mass is 10.0. The number of benzene rings is 2. The topological polar surface area (TPSA) is 83.5 Å². The van der Waals surface area contributed by atoms with Crippen molar-refractivity contribution in [2.45, 2.75) is 25.8 Å². The van der Waals surface area contributed by atoms with Crippen LogP contribution in [0.15, 0.2) is 42.5 Å². The number of nitrogens with one attached hydrogen (secondary N) is 1. The molecule has 0 radical (unpaired) electrons. The van der Waals surface area contributed by atoms with Gasteiger partial charge in [-0.05, 0) is 30.2 Å². The highest BCUT2D eigenvalue weighted by molar-refractivity contribution is 6.07. The Kier molecular flexibility index (Phi) is 4.88. The number of carbonyl (C=O) groups excluding carboxylic acids is 2. The second-order valence-electron chi connectivity index (χ2n) is 5.13. The van der Waals surface area contributed by atoms with Crippen LogP contribution in [0, 0.1) is 0 Å². The Morgan fingerprint density at radius 3 is 2.45 bits per heavy atom. The fourth-order valence-electron chi connectivity index (χ4n) is 2.26. The van der Waals surface area contributed by atoms with Crippen molar-refractivity contribution >= 4 is 28.4 Å². The molecular formula is C17H17NO4. The first-order valence-corrected chi connectivity index (χ1v) is 7.00. The monoisotopic (exact) mass is 299 g/mol. The molecule has 5 nitrogen and oxygen atoms in total. The molecule has 1 atom stereocenters. The molecule has 2 aromatic rings. The van der Waals surface area contributed by atoms with Crippen molar-refractivity contribution in [2.24, 2.45) is 0 Å². The van der Waals surface area contributed by atoms with Crippen molar-refractivity contribution in [1.29, 1.82) is 0 Å². The van der Waals surface area contributed by atoms with Crippen LogP contribution in [-0.2, 0) is 9.59 Å². The number of aliphatic carboxylic acids is 1. The van der Waals surface area contributed by atoms with Crippen molar-refractivity contribution in [3.63, 3.8) is 0 Å². The third-order valence-corrected chi connectivity index (χ3v) is 3.42. The molecule has 0 spiro atoms. The number of carbonyl (C=O) groups is 3. The number of carboxylic acid groups (broad SMARTS) is 1. The van der Waals surface area contributed by atoms with Crippen LogP contribution in [0.4, 0.5) is 0 Å². The molecule has 0 fully saturated rings. The van der Waals surface area contributed by atoms with E-state index in [9.17, 15) is 14.4 Å². The standard InChI is InChI=1S/C17H17NO4/c1-11(19)9-10-15(17(21)22)18-16(20)14-8-4-6-12-5-2-3-7-13(12)14/h2-8,15H,9-10H2,1H3,(H,18,20)(H,21,22)/t15-/m0/s1. The van der Waals surface area contributed by atoms with Crippen LogP contribution in [0.2, 0.25) is 0 Å². The molecular weight excluding hydrogens is 282 g/mol. The minimum absolute atomic E-state index is 0.0845. The van der Waals surface area contributed by atoms with Crippen molar-refractivity contribution in [3.05, 3.63) is 48.0 Å². The number of ketones is 1. The summed E-state index contributed by atoms with van der Waals surface area (Å²) < 4.78 is 0. The summed E-state index contributed by atoms with van der Waals surface area (Å²) >= 11 is 0. The summed E-state index contributed by atoms with van der Waals surface area (Å²) in [6, 6.07) is 11.6. The third-order valence-electron chi connectivity index (χ3n) is 3.42. The van der Waals surface area contributed by atoms with E-state index in [4.69, 9.17) is 5.11 Å². The Hall–Kier alpha value is -2.69. The van der Waals surface area contributed by atoms with Crippen LogP contribution in [0.1, 0.15) is 30.1 Å². The fourth-order valence-corrected chi connectivity index (χ4v) is 2.26. The van der Waals surface area contributed by atoms with Crippen LogP contribution in [-0.4, -0.2) is 28.8 Å². The predicted molar refractivity (Wildman–Crippen MR) is 82.8 cm³/mol. The first-order valence-electron chi connectivity index (χ1n) is 7.00. The maximum atomic E-state index is 12.4. The smallest absolute Gasteiger partial charge is 0.326 e. The first-order chi connectivity index (χ1) is 10.5. The number of hydrogen-bond acceptors (Lipinski definition) is 3. The van der Waals surface area contributed by atoms with Crippen LogP contribution >= 0.6 is 0 Å². The SMILES string of the molecule is CC(=O)CC[C@H](NC(=O)c1cccc2ccccc12)C(=O)O. The van der Waals surface area contributed by atoms with Gasteiger partial charge < -0.3 is 15.2 Å². The van der Waals surface area contributed by atoms with E-state index in [1.807, 2.05) is 30.3 Å². The minimum Gasteiger partial charge on any atom is -0.480 e. The number of Topliss-reactive ketones (excluding diaryl/α,β-unsaturated/α-hetero) is 1. The maximum Gasteiger partial charge on any atom is 0.326 e. The van der Waals surface area contributed by atoms with E-state index < -0.39 is 17.9 Å². The molecule has 2 N–H and O–H groups in total. The Bertz CT molecular complexity index is 718. The summed E-state index contributed by atoms with van der Waals surface area (Å²) in [5.74, 6) is -1.70. The van der Waals surface area contributed by atoms with Gasteiger partial charge >= 0.3 is 5.97 Å². The van der Waals surface area contributed by atoms with E-state index in [1.165, 1.54) is 6.92 Å². The van der Waals surface area contributed by atoms with Crippen molar-refractivity contribution in [2.75, 3.05) is 0 Å². The summed E-state index contributed by atoms with van der Waals surface area (Å²) in [5, 5.41) is 13.3. The lowest BCUT2D eigenvalue weighted by molar-refractivity contribution is -0.139. The predicted octanol–water partition coefficient (Wildman–Crippen LogP) is 2.39. The summed E-state index contributed by atoms with van der Waals surface area (Å²) in [4.78, 5) is 34.6. The lowest BCUT2D eigenvalue weighted by Crippen LogP contribution is -2.41. The van der Waals surface area contributed by atoms with Crippen molar-refractivity contribution in [1.82, 2.24) is 5.32 Å². The maximum absolute atomic E-state index is 12.4.